The van der Waals surface area contributed by atoms with E-state index in [9.17, 15) is 10.1 Å². The second-order valence-electron chi connectivity index (χ2n) is 4.61. The zero-order chi connectivity index (χ0) is 13.7. The second kappa shape index (κ2) is 6.05. The predicted octanol–water partition coefficient (Wildman–Crippen LogP) is 2.65. The average Bonchev–Trinajstić information content (AvgIpc) is 2.45. The van der Waals surface area contributed by atoms with E-state index in [2.05, 4.69) is 11.0 Å². The number of hydrogen-bond acceptors (Lipinski definition) is 3. The van der Waals surface area contributed by atoms with Crippen molar-refractivity contribution < 1.29 is 9.90 Å². The lowest BCUT2D eigenvalue weighted by molar-refractivity contribution is -0.131. The van der Waals surface area contributed by atoms with E-state index in [1.165, 1.54) is 12.5 Å². The van der Waals surface area contributed by atoms with Crippen molar-refractivity contribution in [3.8, 4) is 6.07 Å². The van der Waals surface area contributed by atoms with Gasteiger partial charge in [0.25, 0.3) is 0 Å². The predicted molar refractivity (Wildman–Crippen MR) is 73.9 cm³/mol. The van der Waals surface area contributed by atoms with Gasteiger partial charge in [-0.25, -0.2) is 4.79 Å². The van der Waals surface area contributed by atoms with Crippen molar-refractivity contribution in [3.63, 3.8) is 0 Å². The smallest absolute Gasteiger partial charge is 0.328 e. The summed E-state index contributed by atoms with van der Waals surface area (Å²) >= 11 is 0. The van der Waals surface area contributed by atoms with Crippen LogP contribution in [0.2, 0.25) is 0 Å². The van der Waals surface area contributed by atoms with Gasteiger partial charge >= 0.3 is 5.97 Å². The number of carboxylic acids is 1. The lowest BCUT2D eigenvalue weighted by atomic mass is 10.0. The van der Waals surface area contributed by atoms with E-state index in [4.69, 9.17) is 5.11 Å². The van der Waals surface area contributed by atoms with Crippen molar-refractivity contribution in [1.82, 2.24) is 0 Å². The maximum absolute atomic E-state index is 10.5. The Bertz CT molecular complexity index is 538. The Hall–Kier alpha value is -2.28. The molecule has 1 heterocycles. The highest BCUT2D eigenvalue weighted by atomic mass is 16.4. The minimum atomic E-state index is -0.987. The Labute approximate surface area is 112 Å². The van der Waals surface area contributed by atoms with E-state index < -0.39 is 5.97 Å². The first-order valence-corrected chi connectivity index (χ1v) is 6.41. The molecule has 19 heavy (non-hydrogen) atoms. The van der Waals surface area contributed by atoms with Crippen LogP contribution in [0.1, 0.15) is 30.4 Å². The molecule has 0 radical (unpaired) electrons. The third-order valence-corrected chi connectivity index (χ3v) is 3.26. The van der Waals surface area contributed by atoms with Gasteiger partial charge in [-0.15, -0.1) is 0 Å². The number of anilines is 1. The van der Waals surface area contributed by atoms with Gasteiger partial charge in [-0.3, -0.25) is 0 Å². The van der Waals surface area contributed by atoms with Crippen LogP contribution in [0.4, 0.5) is 5.69 Å². The van der Waals surface area contributed by atoms with Gasteiger partial charge in [0.05, 0.1) is 11.3 Å². The lowest BCUT2D eigenvalue weighted by Crippen LogP contribution is -2.29. The maximum Gasteiger partial charge on any atom is 0.328 e. The number of rotatable bonds is 3. The molecule has 1 N–H and O–H groups in total. The Kier molecular flexibility index (Phi) is 4.19. The van der Waals surface area contributed by atoms with E-state index in [1.54, 1.807) is 6.07 Å². The van der Waals surface area contributed by atoms with E-state index in [1.807, 2.05) is 12.1 Å². The van der Waals surface area contributed by atoms with Gasteiger partial charge in [0.15, 0.2) is 0 Å². The Morgan fingerprint density at radius 2 is 2.05 bits per heavy atom. The molecule has 1 fully saturated rings. The third kappa shape index (κ3) is 3.35. The molecule has 0 bridgehead atoms. The Morgan fingerprint density at radius 1 is 1.32 bits per heavy atom. The second-order valence-corrected chi connectivity index (χ2v) is 4.61. The number of carboxylic acid groups (broad SMARTS) is 1. The summed E-state index contributed by atoms with van der Waals surface area (Å²) in [6.45, 7) is 1.97. The van der Waals surface area contributed by atoms with Crippen LogP contribution in [-0.2, 0) is 4.79 Å². The number of benzene rings is 1. The first kappa shape index (κ1) is 13.2. The molecule has 4 nitrogen and oxygen atoms in total. The molecule has 1 aromatic rings. The number of hydrogen-bond donors (Lipinski definition) is 1. The minimum Gasteiger partial charge on any atom is -0.478 e. The molecular formula is C15H16N2O2. The summed E-state index contributed by atoms with van der Waals surface area (Å²) < 4.78 is 0. The monoisotopic (exact) mass is 256 g/mol. The molecule has 1 saturated heterocycles. The number of nitriles is 1. The fourth-order valence-electron chi connectivity index (χ4n) is 2.32. The molecule has 0 aromatic heterocycles. The van der Waals surface area contributed by atoms with Gasteiger partial charge in [-0.1, -0.05) is 6.07 Å². The molecule has 1 aliphatic heterocycles. The maximum atomic E-state index is 10.5. The van der Waals surface area contributed by atoms with Gasteiger partial charge in [0, 0.05) is 19.2 Å². The van der Waals surface area contributed by atoms with Crippen LogP contribution in [0.25, 0.3) is 6.08 Å². The minimum absolute atomic E-state index is 0.606. The molecule has 1 aromatic carbocycles. The molecule has 0 saturated carbocycles. The van der Waals surface area contributed by atoms with Crippen molar-refractivity contribution >= 4 is 17.7 Å². The largest absolute Gasteiger partial charge is 0.478 e. The number of piperidine rings is 1. The standard InChI is InChI=1S/C15H16N2O2/c16-11-13-10-12(5-7-15(18)19)4-6-14(13)17-8-2-1-3-9-17/h4-7,10H,1-3,8-9H2,(H,18,19)/b7-5+. The quantitative estimate of drug-likeness (QED) is 0.844. The molecule has 98 valence electrons. The molecule has 0 amide bonds. The first-order valence-electron chi connectivity index (χ1n) is 6.41. The van der Waals surface area contributed by atoms with Crippen LogP contribution in [0.3, 0.4) is 0 Å². The fraction of sp³-hybridized carbons (Fsp3) is 0.333. The van der Waals surface area contributed by atoms with Crippen LogP contribution in [0.15, 0.2) is 24.3 Å². The molecule has 0 aliphatic carbocycles. The van der Waals surface area contributed by atoms with Gasteiger partial charge in [0.2, 0.25) is 0 Å². The van der Waals surface area contributed by atoms with Gasteiger partial charge < -0.3 is 10.0 Å². The zero-order valence-electron chi connectivity index (χ0n) is 10.7. The summed E-state index contributed by atoms with van der Waals surface area (Å²) in [6, 6.07) is 7.70. The van der Waals surface area contributed by atoms with E-state index in [0.29, 0.717) is 5.56 Å². The summed E-state index contributed by atoms with van der Waals surface area (Å²) in [5.41, 5.74) is 2.30. The summed E-state index contributed by atoms with van der Waals surface area (Å²) in [4.78, 5) is 12.7. The van der Waals surface area contributed by atoms with Crippen LogP contribution in [-0.4, -0.2) is 24.2 Å². The topological polar surface area (TPSA) is 64.3 Å². The highest BCUT2D eigenvalue weighted by Crippen LogP contribution is 2.25. The van der Waals surface area contributed by atoms with Crippen molar-refractivity contribution in [3.05, 3.63) is 35.4 Å². The first-order chi connectivity index (χ1) is 9.20. The van der Waals surface area contributed by atoms with Crippen LogP contribution in [0.5, 0.6) is 0 Å². The number of nitrogens with zero attached hydrogens (tertiary/aromatic N) is 2. The SMILES string of the molecule is N#Cc1cc(/C=C/C(=O)O)ccc1N1CCCCC1. The average molecular weight is 256 g/mol. The Balaban J connectivity index is 2.26. The summed E-state index contributed by atoms with van der Waals surface area (Å²) in [6.07, 6.45) is 6.15. The highest BCUT2D eigenvalue weighted by Gasteiger charge is 2.14. The molecular weight excluding hydrogens is 240 g/mol. The molecule has 1 aliphatic rings. The zero-order valence-corrected chi connectivity index (χ0v) is 10.7. The molecule has 4 heteroatoms. The summed E-state index contributed by atoms with van der Waals surface area (Å²) in [5, 5.41) is 17.8. The fourth-order valence-corrected chi connectivity index (χ4v) is 2.32. The highest BCUT2D eigenvalue weighted by molar-refractivity contribution is 5.85. The molecule has 2 rings (SSSR count). The Morgan fingerprint density at radius 3 is 2.68 bits per heavy atom. The van der Waals surface area contributed by atoms with Crippen molar-refractivity contribution in [1.29, 1.82) is 5.26 Å². The van der Waals surface area contributed by atoms with E-state index in [0.717, 1.165) is 43.3 Å². The van der Waals surface area contributed by atoms with Crippen molar-refractivity contribution in [2.45, 2.75) is 19.3 Å². The molecule has 0 spiro atoms. The van der Waals surface area contributed by atoms with Gasteiger partial charge in [-0.05, 0) is 43.0 Å². The van der Waals surface area contributed by atoms with E-state index in [-0.39, 0.29) is 0 Å². The molecule has 0 unspecified atom stereocenters. The van der Waals surface area contributed by atoms with E-state index >= 15 is 0 Å². The van der Waals surface area contributed by atoms with Crippen LogP contribution < -0.4 is 4.90 Å². The van der Waals surface area contributed by atoms with Gasteiger partial charge in [-0.2, -0.15) is 5.26 Å². The van der Waals surface area contributed by atoms with Crippen LogP contribution >= 0.6 is 0 Å². The van der Waals surface area contributed by atoms with Gasteiger partial charge in [0.1, 0.15) is 6.07 Å². The number of aliphatic carboxylic acids is 1. The summed E-state index contributed by atoms with van der Waals surface area (Å²) in [7, 11) is 0. The summed E-state index contributed by atoms with van der Waals surface area (Å²) in [5.74, 6) is -0.987. The third-order valence-electron chi connectivity index (χ3n) is 3.26. The van der Waals surface area contributed by atoms with Crippen molar-refractivity contribution in [2.24, 2.45) is 0 Å². The molecule has 0 atom stereocenters. The van der Waals surface area contributed by atoms with Crippen molar-refractivity contribution in [2.75, 3.05) is 18.0 Å². The lowest BCUT2D eigenvalue weighted by Gasteiger charge is -2.29. The van der Waals surface area contributed by atoms with Crippen LogP contribution in [0, 0.1) is 11.3 Å². The number of carbonyl (C=O) groups is 1. The normalized spacial score (nSPS) is 15.4.